The van der Waals surface area contributed by atoms with Gasteiger partial charge < -0.3 is 10.6 Å². The molecule has 0 atom stereocenters. The molecule has 0 spiro atoms. The third-order valence-electron chi connectivity index (χ3n) is 3.26. The molecule has 0 radical (unpaired) electrons. The van der Waals surface area contributed by atoms with Crippen molar-refractivity contribution >= 4 is 5.82 Å². The van der Waals surface area contributed by atoms with Gasteiger partial charge in [-0.1, -0.05) is 13.0 Å². The van der Waals surface area contributed by atoms with E-state index in [1.165, 1.54) is 31.6 Å². The van der Waals surface area contributed by atoms with E-state index in [0.29, 0.717) is 5.82 Å². The summed E-state index contributed by atoms with van der Waals surface area (Å²) >= 11 is 0. The highest BCUT2D eigenvalue weighted by atomic mass is 15.3. The van der Waals surface area contributed by atoms with Crippen LogP contribution in [0.25, 0.3) is 0 Å². The molecule has 2 N–H and O–H groups in total. The highest BCUT2D eigenvalue weighted by molar-refractivity contribution is 5.29. The Hall–Kier alpha value is -1.13. The average molecular weight is 234 g/mol. The molecule has 4 nitrogen and oxygen atoms in total. The fourth-order valence-electron chi connectivity index (χ4n) is 2.27. The van der Waals surface area contributed by atoms with E-state index in [0.717, 1.165) is 19.6 Å². The number of piperazine rings is 1. The van der Waals surface area contributed by atoms with E-state index in [1.807, 2.05) is 12.3 Å². The predicted octanol–water partition coefficient (Wildman–Crippen LogP) is 1.19. The predicted molar refractivity (Wildman–Crippen MR) is 70.7 cm³/mol. The first-order valence-electron chi connectivity index (χ1n) is 6.43. The maximum absolute atomic E-state index is 5.58. The monoisotopic (exact) mass is 234 g/mol. The Labute approximate surface area is 103 Å². The molecule has 94 valence electrons. The lowest BCUT2D eigenvalue weighted by Gasteiger charge is -2.34. The molecule has 2 heterocycles. The van der Waals surface area contributed by atoms with Gasteiger partial charge in [-0.3, -0.25) is 4.90 Å². The van der Waals surface area contributed by atoms with E-state index in [2.05, 4.69) is 27.8 Å². The van der Waals surface area contributed by atoms with Crippen LogP contribution >= 0.6 is 0 Å². The van der Waals surface area contributed by atoms with Gasteiger partial charge in [0, 0.05) is 38.9 Å². The minimum Gasteiger partial charge on any atom is -0.384 e. The summed E-state index contributed by atoms with van der Waals surface area (Å²) in [6.45, 7) is 9.16. The number of rotatable bonds is 4. The molecule has 0 aliphatic carbocycles. The number of pyridine rings is 1. The molecule has 1 aliphatic heterocycles. The summed E-state index contributed by atoms with van der Waals surface area (Å²) in [5, 5.41) is 0. The van der Waals surface area contributed by atoms with Crippen LogP contribution in [0.1, 0.15) is 18.9 Å². The first kappa shape index (κ1) is 12.3. The van der Waals surface area contributed by atoms with E-state index in [4.69, 9.17) is 5.73 Å². The molecular formula is C13H22N4. The quantitative estimate of drug-likeness (QED) is 0.850. The standard InChI is InChI=1S/C13H22N4/c1-2-5-16-6-8-17(9-7-16)11-12-3-4-13(14)15-10-12/h3-4,10H,2,5-9,11H2,1H3,(H2,14,15). The molecule has 1 aliphatic rings. The van der Waals surface area contributed by atoms with Gasteiger partial charge in [0.1, 0.15) is 5.82 Å². The first-order valence-corrected chi connectivity index (χ1v) is 6.43. The first-order chi connectivity index (χ1) is 8.28. The highest BCUT2D eigenvalue weighted by Gasteiger charge is 2.15. The van der Waals surface area contributed by atoms with Crippen molar-refractivity contribution in [1.29, 1.82) is 0 Å². The maximum Gasteiger partial charge on any atom is 0.123 e. The van der Waals surface area contributed by atoms with Gasteiger partial charge in [0.15, 0.2) is 0 Å². The SMILES string of the molecule is CCCN1CCN(Cc2ccc(N)nc2)CC1. The Morgan fingerprint density at radius 2 is 1.88 bits per heavy atom. The van der Waals surface area contributed by atoms with Crippen molar-refractivity contribution in [3.05, 3.63) is 23.9 Å². The number of anilines is 1. The van der Waals surface area contributed by atoms with Gasteiger partial charge in [-0.05, 0) is 24.6 Å². The van der Waals surface area contributed by atoms with Crippen LogP contribution in [0.3, 0.4) is 0 Å². The van der Waals surface area contributed by atoms with Crippen LogP contribution in [-0.4, -0.2) is 47.5 Å². The Morgan fingerprint density at radius 1 is 1.18 bits per heavy atom. The summed E-state index contributed by atoms with van der Waals surface area (Å²) < 4.78 is 0. The second-order valence-corrected chi connectivity index (χ2v) is 4.71. The van der Waals surface area contributed by atoms with Crippen LogP contribution in [0.4, 0.5) is 5.82 Å². The van der Waals surface area contributed by atoms with Crippen molar-refractivity contribution < 1.29 is 0 Å². The molecule has 2 rings (SSSR count). The van der Waals surface area contributed by atoms with Crippen LogP contribution < -0.4 is 5.73 Å². The third kappa shape index (κ3) is 3.68. The van der Waals surface area contributed by atoms with Crippen molar-refractivity contribution in [2.24, 2.45) is 0 Å². The Kier molecular flexibility index (Phi) is 4.34. The van der Waals surface area contributed by atoms with Crippen LogP contribution in [0.15, 0.2) is 18.3 Å². The lowest BCUT2D eigenvalue weighted by Crippen LogP contribution is -2.45. The summed E-state index contributed by atoms with van der Waals surface area (Å²) in [5.41, 5.74) is 6.83. The molecule has 1 aromatic rings. The molecule has 4 heteroatoms. The van der Waals surface area contributed by atoms with Gasteiger partial charge in [-0.25, -0.2) is 4.98 Å². The Bertz CT molecular complexity index is 328. The zero-order chi connectivity index (χ0) is 12.1. The van der Waals surface area contributed by atoms with E-state index in [1.54, 1.807) is 0 Å². The second kappa shape index (κ2) is 5.98. The van der Waals surface area contributed by atoms with Crippen LogP contribution in [-0.2, 0) is 6.54 Å². The smallest absolute Gasteiger partial charge is 0.123 e. The fraction of sp³-hybridized carbons (Fsp3) is 0.615. The van der Waals surface area contributed by atoms with Crippen LogP contribution in [0.5, 0.6) is 0 Å². The summed E-state index contributed by atoms with van der Waals surface area (Å²) in [7, 11) is 0. The summed E-state index contributed by atoms with van der Waals surface area (Å²) in [6, 6.07) is 3.95. The number of aromatic nitrogens is 1. The summed E-state index contributed by atoms with van der Waals surface area (Å²) in [5.74, 6) is 0.599. The minimum absolute atomic E-state index is 0.599. The molecule has 0 bridgehead atoms. The summed E-state index contributed by atoms with van der Waals surface area (Å²) in [4.78, 5) is 9.15. The molecule has 0 amide bonds. The lowest BCUT2D eigenvalue weighted by atomic mass is 10.2. The van der Waals surface area contributed by atoms with Gasteiger partial charge >= 0.3 is 0 Å². The normalized spacial score (nSPS) is 18.4. The average Bonchev–Trinajstić information content (AvgIpc) is 2.35. The van der Waals surface area contributed by atoms with Gasteiger partial charge in [0.25, 0.3) is 0 Å². The number of nitrogens with two attached hydrogens (primary N) is 1. The molecule has 0 saturated carbocycles. The fourth-order valence-corrected chi connectivity index (χ4v) is 2.27. The van der Waals surface area contributed by atoms with Gasteiger partial charge in [-0.2, -0.15) is 0 Å². The summed E-state index contributed by atoms with van der Waals surface area (Å²) in [6.07, 6.45) is 3.13. The van der Waals surface area contributed by atoms with Crippen molar-refractivity contribution in [3.8, 4) is 0 Å². The largest absolute Gasteiger partial charge is 0.384 e. The Morgan fingerprint density at radius 3 is 2.47 bits per heavy atom. The lowest BCUT2D eigenvalue weighted by molar-refractivity contribution is 0.127. The van der Waals surface area contributed by atoms with Gasteiger partial charge in [0.2, 0.25) is 0 Å². The number of nitrogen functional groups attached to an aromatic ring is 1. The van der Waals surface area contributed by atoms with Crippen molar-refractivity contribution in [2.45, 2.75) is 19.9 Å². The third-order valence-corrected chi connectivity index (χ3v) is 3.26. The molecule has 1 saturated heterocycles. The molecule has 1 fully saturated rings. The zero-order valence-corrected chi connectivity index (χ0v) is 10.6. The Balaban J connectivity index is 1.79. The van der Waals surface area contributed by atoms with Gasteiger partial charge in [-0.15, -0.1) is 0 Å². The second-order valence-electron chi connectivity index (χ2n) is 4.71. The van der Waals surface area contributed by atoms with Crippen LogP contribution in [0, 0.1) is 0 Å². The molecule has 17 heavy (non-hydrogen) atoms. The number of hydrogen-bond donors (Lipinski definition) is 1. The number of hydrogen-bond acceptors (Lipinski definition) is 4. The van der Waals surface area contributed by atoms with Crippen molar-refractivity contribution in [3.63, 3.8) is 0 Å². The van der Waals surface area contributed by atoms with E-state index < -0.39 is 0 Å². The zero-order valence-electron chi connectivity index (χ0n) is 10.6. The van der Waals surface area contributed by atoms with E-state index in [-0.39, 0.29) is 0 Å². The van der Waals surface area contributed by atoms with E-state index in [9.17, 15) is 0 Å². The maximum atomic E-state index is 5.58. The molecule has 0 aromatic carbocycles. The highest BCUT2D eigenvalue weighted by Crippen LogP contribution is 2.09. The van der Waals surface area contributed by atoms with Crippen molar-refractivity contribution in [1.82, 2.24) is 14.8 Å². The van der Waals surface area contributed by atoms with Crippen LogP contribution in [0.2, 0.25) is 0 Å². The minimum atomic E-state index is 0.599. The number of nitrogens with zero attached hydrogens (tertiary/aromatic N) is 3. The topological polar surface area (TPSA) is 45.4 Å². The van der Waals surface area contributed by atoms with Gasteiger partial charge in [0.05, 0.1) is 0 Å². The molecule has 1 aromatic heterocycles. The molecule has 0 unspecified atom stereocenters. The van der Waals surface area contributed by atoms with Crippen molar-refractivity contribution in [2.75, 3.05) is 38.5 Å². The molecular weight excluding hydrogens is 212 g/mol. The van der Waals surface area contributed by atoms with E-state index >= 15 is 0 Å².